The van der Waals surface area contributed by atoms with Crippen LogP contribution in [0.4, 0.5) is 0 Å². The van der Waals surface area contributed by atoms with Crippen molar-refractivity contribution in [3.8, 4) is 0 Å². The molecule has 0 fully saturated rings. The zero-order valence-electron chi connectivity index (χ0n) is 12.4. The number of nitrogens with one attached hydrogen (secondary N) is 1. The molecule has 1 rings (SSSR count). The molecule has 5 heteroatoms. The molecule has 1 aromatic carbocycles. The molecule has 1 aromatic rings. The minimum atomic E-state index is -3.45. The fourth-order valence-corrected chi connectivity index (χ4v) is 4.40. The standard InChI is InChI=1S/C15H24BrNO2S/c1-4-6-13-7-9-14(10-8-13)20(18,19)17-15(3,5-2)11-12-16/h7-10,17H,4-6,11-12H2,1-3H3. The van der Waals surface area contributed by atoms with E-state index in [0.29, 0.717) is 4.90 Å². The Labute approximate surface area is 131 Å². The summed E-state index contributed by atoms with van der Waals surface area (Å²) >= 11 is 3.38. The van der Waals surface area contributed by atoms with Crippen LogP contribution in [-0.4, -0.2) is 19.3 Å². The summed E-state index contributed by atoms with van der Waals surface area (Å²) in [7, 11) is -3.45. The monoisotopic (exact) mass is 361 g/mol. The molecule has 0 spiro atoms. The molecule has 0 amide bonds. The number of alkyl halides is 1. The van der Waals surface area contributed by atoms with Gasteiger partial charge < -0.3 is 0 Å². The molecule has 0 bridgehead atoms. The Balaban J connectivity index is 2.92. The predicted molar refractivity (Wildman–Crippen MR) is 87.9 cm³/mol. The van der Waals surface area contributed by atoms with Crippen molar-refractivity contribution >= 4 is 26.0 Å². The second kappa shape index (κ2) is 7.57. The molecular weight excluding hydrogens is 338 g/mol. The second-order valence-corrected chi connectivity index (χ2v) is 7.83. The van der Waals surface area contributed by atoms with Gasteiger partial charge in [-0.25, -0.2) is 13.1 Å². The Hall–Kier alpha value is -0.390. The van der Waals surface area contributed by atoms with E-state index in [9.17, 15) is 8.42 Å². The molecule has 0 saturated heterocycles. The van der Waals surface area contributed by atoms with E-state index in [4.69, 9.17) is 0 Å². The lowest BCUT2D eigenvalue weighted by molar-refractivity contribution is 0.392. The first-order chi connectivity index (χ1) is 9.37. The van der Waals surface area contributed by atoms with E-state index in [1.54, 1.807) is 12.1 Å². The van der Waals surface area contributed by atoms with Gasteiger partial charge in [0, 0.05) is 10.9 Å². The van der Waals surface area contributed by atoms with Gasteiger partial charge in [-0.15, -0.1) is 0 Å². The normalized spacial score (nSPS) is 15.0. The van der Waals surface area contributed by atoms with E-state index in [-0.39, 0.29) is 0 Å². The third-order valence-electron chi connectivity index (χ3n) is 3.58. The SMILES string of the molecule is CCCc1ccc(S(=O)(=O)NC(C)(CC)CCBr)cc1. The summed E-state index contributed by atoms with van der Waals surface area (Å²) in [5, 5.41) is 0.773. The molecule has 0 heterocycles. The van der Waals surface area contributed by atoms with Gasteiger partial charge in [-0.05, 0) is 43.9 Å². The Morgan fingerprint density at radius 1 is 1.20 bits per heavy atom. The summed E-state index contributed by atoms with van der Waals surface area (Å²) in [4.78, 5) is 0.339. The van der Waals surface area contributed by atoms with E-state index in [0.717, 1.165) is 31.0 Å². The maximum Gasteiger partial charge on any atom is 0.241 e. The van der Waals surface area contributed by atoms with E-state index in [1.165, 1.54) is 5.56 Å². The molecule has 20 heavy (non-hydrogen) atoms. The van der Waals surface area contributed by atoms with Crippen LogP contribution in [0.15, 0.2) is 29.2 Å². The summed E-state index contributed by atoms with van der Waals surface area (Å²) in [5.74, 6) is 0. The fourth-order valence-electron chi connectivity index (χ4n) is 2.02. The van der Waals surface area contributed by atoms with Gasteiger partial charge in [0.05, 0.1) is 4.90 Å². The lowest BCUT2D eigenvalue weighted by atomic mass is 9.98. The van der Waals surface area contributed by atoms with Gasteiger partial charge in [0.15, 0.2) is 0 Å². The highest BCUT2D eigenvalue weighted by Crippen LogP contribution is 2.20. The molecule has 0 aliphatic heterocycles. The van der Waals surface area contributed by atoms with Crippen LogP contribution in [-0.2, 0) is 16.4 Å². The second-order valence-electron chi connectivity index (χ2n) is 5.35. The summed E-state index contributed by atoms with van der Waals surface area (Å²) in [6.07, 6.45) is 3.55. The number of rotatable bonds is 8. The highest BCUT2D eigenvalue weighted by Gasteiger charge is 2.28. The van der Waals surface area contributed by atoms with Crippen molar-refractivity contribution in [3.05, 3.63) is 29.8 Å². The van der Waals surface area contributed by atoms with Crippen LogP contribution in [0.5, 0.6) is 0 Å². The summed E-state index contributed by atoms with van der Waals surface area (Å²) in [6, 6.07) is 7.17. The van der Waals surface area contributed by atoms with E-state index >= 15 is 0 Å². The fraction of sp³-hybridized carbons (Fsp3) is 0.600. The minimum absolute atomic E-state index is 0.339. The van der Waals surface area contributed by atoms with Crippen LogP contribution in [0.2, 0.25) is 0 Å². The van der Waals surface area contributed by atoms with Crippen LogP contribution in [0, 0.1) is 0 Å². The maximum atomic E-state index is 12.4. The van der Waals surface area contributed by atoms with Gasteiger partial charge >= 0.3 is 0 Å². The number of sulfonamides is 1. The Kier molecular flexibility index (Phi) is 6.69. The van der Waals surface area contributed by atoms with Crippen molar-refractivity contribution in [2.24, 2.45) is 0 Å². The zero-order chi connectivity index (χ0) is 15.2. The Bertz CT molecular complexity index is 513. The number of aryl methyl sites for hydroxylation is 1. The quantitative estimate of drug-likeness (QED) is 0.714. The first-order valence-electron chi connectivity index (χ1n) is 7.06. The number of hydrogen-bond donors (Lipinski definition) is 1. The third-order valence-corrected chi connectivity index (χ3v) is 5.63. The molecule has 1 unspecified atom stereocenters. The molecule has 0 radical (unpaired) electrons. The van der Waals surface area contributed by atoms with Crippen LogP contribution >= 0.6 is 15.9 Å². The maximum absolute atomic E-state index is 12.4. The number of benzene rings is 1. The highest BCUT2D eigenvalue weighted by atomic mass is 79.9. The van der Waals surface area contributed by atoms with Crippen molar-refractivity contribution in [3.63, 3.8) is 0 Å². The number of hydrogen-bond acceptors (Lipinski definition) is 2. The van der Waals surface area contributed by atoms with Gasteiger partial charge in [0.25, 0.3) is 0 Å². The molecule has 0 aliphatic rings. The first kappa shape index (κ1) is 17.7. The summed E-state index contributed by atoms with van der Waals surface area (Å²) in [5.41, 5.74) is 0.759. The van der Waals surface area contributed by atoms with Crippen molar-refractivity contribution in [1.82, 2.24) is 4.72 Å². The topological polar surface area (TPSA) is 46.2 Å². The Morgan fingerprint density at radius 2 is 1.80 bits per heavy atom. The molecular formula is C15H24BrNO2S. The van der Waals surface area contributed by atoms with Crippen molar-refractivity contribution in [1.29, 1.82) is 0 Å². The number of halogens is 1. The third kappa shape index (κ3) is 4.86. The van der Waals surface area contributed by atoms with Gasteiger partial charge in [-0.2, -0.15) is 0 Å². The average molecular weight is 362 g/mol. The highest BCUT2D eigenvalue weighted by molar-refractivity contribution is 9.09. The molecule has 3 nitrogen and oxygen atoms in total. The first-order valence-corrected chi connectivity index (χ1v) is 9.66. The molecule has 0 aliphatic carbocycles. The van der Waals surface area contributed by atoms with Crippen LogP contribution in [0.1, 0.15) is 45.6 Å². The van der Waals surface area contributed by atoms with Gasteiger partial charge in [-0.3, -0.25) is 0 Å². The zero-order valence-corrected chi connectivity index (χ0v) is 14.9. The molecule has 0 saturated carbocycles. The van der Waals surface area contributed by atoms with Gasteiger partial charge in [-0.1, -0.05) is 48.3 Å². The Morgan fingerprint density at radius 3 is 2.25 bits per heavy atom. The largest absolute Gasteiger partial charge is 0.241 e. The minimum Gasteiger partial charge on any atom is -0.207 e. The molecule has 1 N–H and O–H groups in total. The predicted octanol–water partition coefficient (Wildman–Crippen LogP) is 3.87. The van der Waals surface area contributed by atoms with E-state index < -0.39 is 15.6 Å². The van der Waals surface area contributed by atoms with E-state index in [1.807, 2.05) is 26.0 Å². The van der Waals surface area contributed by atoms with Crippen molar-refractivity contribution < 1.29 is 8.42 Å². The van der Waals surface area contributed by atoms with Gasteiger partial charge in [0.1, 0.15) is 0 Å². The lowest BCUT2D eigenvalue weighted by Gasteiger charge is -2.28. The smallest absolute Gasteiger partial charge is 0.207 e. The molecule has 1 atom stereocenters. The molecule has 114 valence electrons. The summed E-state index contributed by atoms with van der Waals surface area (Å²) in [6.45, 7) is 6.05. The average Bonchev–Trinajstić information content (AvgIpc) is 2.39. The van der Waals surface area contributed by atoms with E-state index in [2.05, 4.69) is 27.6 Å². The van der Waals surface area contributed by atoms with Crippen LogP contribution < -0.4 is 4.72 Å². The van der Waals surface area contributed by atoms with Crippen molar-refractivity contribution in [2.75, 3.05) is 5.33 Å². The molecule has 0 aromatic heterocycles. The van der Waals surface area contributed by atoms with Crippen molar-refractivity contribution in [2.45, 2.75) is 56.9 Å². The van der Waals surface area contributed by atoms with Crippen LogP contribution in [0.3, 0.4) is 0 Å². The lowest BCUT2D eigenvalue weighted by Crippen LogP contribution is -2.45. The van der Waals surface area contributed by atoms with Gasteiger partial charge in [0.2, 0.25) is 10.0 Å². The summed E-state index contributed by atoms with van der Waals surface area (Å²) < 4.78 is 27.7. The van der Waals surface area contributed by atoms with Crippen LogP contribution in [0.25, 0.3) is 0 Å².